The summed E-state index contributed by atoms with van der Waals surface area (Å²) in [5.41, 5.74) is 2.03. The number of nitrogens with zero attached hydrogens (tertiary/aromatic N) is 2. The average molecular weight is 368 g/mol. The lowest BCUT2D eigenvalue weighted by Gasteiger charge is -2.40. The fraction of sp³-hybridized carbons (Fsp3) is 0.318. The summed E-state index contributed by atoms with van der Waals surface area (Å²) in [6, 6.07) is 14.4. The van der Waals surface area contributed by atoms with Crippen molar-refractivity contribution < 1.29 is 13.9 Å². The zero-order valence-corrected chi connectivity index (χ0v) is 16.0. The third-order valence-corrected chi connectivity index (χ3v) is 5.05. The van der Waals surface area contributed by atoms with Crippen LogP contribution in [0.2, 0.25) is 0 Å². The molecule has 0 N–H and O–H groups in total. The molecule has 1 atom stereocenters. The third-order valence-electron chi connectivity index (χ3n) is 5.05. The van der Waals surface area contributed by atoms with Crippen LogP contribution in [0.1, 0.15) is 24.1 Å². The molecule has 27 heavy (non-hydrogen) atoms. The first-order chi connectivity index (χ1) is 13.0. The van der Waals surface area contributed by atoms with E-state index in [9.17, 15) is 9.18 Å². The lowest BCUT2D eigenvalue weighted by atomic mass is 10.0. The maximum absolute atomic E-state index is 13.9. The third kappa shape index (κ3) is 4.19. The molecular formula is C22H25FN2O2. The molecule has 0 saturated carbocycles. The second kappa shape index (κ2) is 8.35. The molecule has 5 heteroatoms. The molecule has 1 amide bonds. The highest BCUT2D eigenvalue weighted by Crippen LogP contribution is 2.31. The highest BCUT2D eigenvalue weighted by atomic mass is 19.1. The van der Waals surface area contributed by atoms with Gasteiger partial charge in [0.1, 0.15) is 11.6 Å². The van der Waals surface area contributed by atoms with E-state index in [1.807, 2.05) is 29.2 Å². The first-order valence-electron chi connectivity index (χ1n) is 9.06. The van der Waals surface area contributed by atoms with Crippen LogP contribution >= 0.6 is 0 Å². The van der Waals surface area contributed by atoms with Crippen molar-refractivity contribution in [1.82, 2.24) is 9.80 Å². The molecule has 1 fully saturated rings. The SMILES string of the molecule is COc1ccccc1C1CN(C(=O)/C(C)=C/c2ccccc2F)CCN1C. The Bertz CT molecular complexity index is 850. The van der Waals surface area contributed by atoms with Gasteiger partial charge in [0.25, 0.3) is 0 Å². The van der Waals surface area contributed by atoms with Gasteiger partial charge in [-0.2, -0.15) is 0 Å². The predicted molar refractivity (Wildman–Crippen MR) is 105 cm³/mol. The van der Waals surface area contributed by atoms with Crippen molar-refractivity contribution >= 4 is 12.0 Å². The molecule has 3 rings (SSSR count). The molecule has 0 radical (unpaired) electrons. The van der Waals surface area contributed by atoms with Gasteiger partial charge in [0.05, 0.1) is 13.2 Å². The van der Waals surface area contributed by atoms with Crippen molar-refractivity contribution in [2.24, 2.45) is 0 Å². The number of ether oxygens (including phenoxy) is 1. The molecule has 1 unspecified atom stereocenters. The van der Waals surface area contributed by atoms with Crippen LogP contribution in [-0.4, -0.2) is 49.5 Å². The lowest BCUT2D eigenvalue weighted by Crippen LogP contribution is -2.49. The minimum atomic E-state index is -0.324. The summed E-state index contributed by atoms with van der Waals surface area (Å²) < 4.78 is 19.4. The van der Waals surface area contributed by atoms with Crippen molar-refractivity contribution in [2.45, 2.75) is 13.0 Å². The maximum Gasteiger partial charge on any atom is 0.249 e. The van der Waals surface area contributed by atoms with Crippen LogP contribution < -0.4 is 4.74 Å². The number of carbonyl (C=O) groups excluding carboxylic acids is 1. The molecule has 0 aromatic heterocycles. The molecule has 142 valence electrons. The second-order valence-corrected chi connectivity index (χ2v) is 6.84. The number of hydrogen-bond acceptors (Lipinski definition) is 3. The van der Waals surface area contributed by atoms with Crippen molar-refractivity contribution in [3.63, 3.8) is 0 Å². The Morgan fingerprint density at radius 1 is 1.15 bits per heavy atom. The number of piperazine rings is 1. The van der Waals surface area contributed by atoms with Crippen molar-refractivity contribution in [3.05, 3.63) is 71.0 Å². The summed E-state index contributed by atoms with van der Waals surface area (Å²) in [5.74, 6) is 0.434. The summed E-state index contributed by atoms with van der Waals surface area (Å²) in [4.78, 5) is 17.0. The zero-order valence-electron chi connectivity index (χ0n) is 16.0. The number of rotatable bonds is 4. The first kappa shape index (κ1) is 19.1. The fourth-order valence-electron chi connectivity index (χ4n) is 3.47. The van der Waals surface area contributed by atoms with Crippen LogP contribution in [0.25, 0.3) is 6.08 Å². The molecule has 1 aliphatic rings. The van der Waals surface area contributed by atoms with Crippen molar-refractivity contribution in [2.75, 3.05) is 33.8 Å². The first-order valence-corrected chi connectivity index (χ1v) is 9.06. The van der Waals surface area contributed by atoms with Crippen LogP contribution in [0, 0.1) is 5.82 Å². The number of likely N-dealkylation sites (N-methyl/N-ethyl adjacent to an activating group) is 1. The molecule has 0 aliphatic carbocycles. The molecule has 1 saturated heterocycles. The van der Waals surface area contributed by atoms with Gasteiger partial charge in [-0.1, -0.05) is 36.4 Å². The number of carbonyl (C=O) groups is 1. The number of para-hydroxylation sites is 1. The molecule has 0 bridgehead atoms. The number of amides is 1. The molecular weight excluding hydrogens is 343 g/mol. The number of hydrogen-bond donors (Lipinski definition) is 0. The van der Waals surface area contributed by atoms with E-state index in [2.05, 4.69) is 11.9 Å². The standard InChI is InChI=1S/C22H25FN2O2/c1-16(14-17-8-4-6-10-19(17)23)22(26)25-13-12-24(2)20(15-25)18-9-5-7-11-21(18)27-3/h4-11,14,20H,12-13,15H2,1-3H3/b16-14+. The number of halogens is 1. The van der Waals surface area contributed by atoms with Gasteiger partial charge in [0.2, 0.25) is 5.91 Å². The van der Waals surface area contributed by atoms with E-state index in [-0.39, 0.29) is 17.8 Å². The Labute approximate surface area is 159 Å². The number of methoxy groups -OCH3 is 1. The minimum Gasteiger partial charge on any atom is -0.496 e. The normalized spacial score (nSPS) is 18.4. The summed E-state index contributed by atoms with van der Waals surface area (Å²) >= 11 is 0. The van der Waals surface area contributed by atoms with Crippen LogP contribution in [0.15, 0.2) is 54.1 Å². The van der Waals surface area contributed by atoms with Gasteiger partial charge in [-0.25, -0.2) is 4.39 Å². The number of benzene rings is 2. The van der Waals surface area contributed by atoms with Crippen LogP contribution in [0.3, 0.4) is 0 Å². The van der Waals surface area contributed by atoms with Gasteiger partial charge < -0.3 is 9.64 Å². The van der Waals surface area contributed by atoms with E-state index in [1.54, 1.807) is 38.3 Å². The maximum atomic E-state index is 13.9. The Kier molecular flexibility index (Phi) is 5.91. The van der Waals surface area contributed by atoms with Gasteiger partial charge in [-0.15, -0.1) is 0 Å². The average Bonchev–Trinajstić information content (AvgIpc) is 2.69. The molecule has 2 aromatic carbocycles. The Hall–Kier alpha value is -2.66. The van der Waals surface area contributed by atoms with Crippen LogP contribution in [0.4, 0.5) is 4.39 Å². The molecule has 1 heterocycles. The topological polar surface area (TPSA) is 32.8 Å². The smallest absolute Gasteiger partial charge is 0.249 e. The van der Waals surface area contributed by atoms with E-state index in [0.29, 0.717) is 24.2 Å². The Morgan fingerprint density at radius 3 is 2.59 bits per heavy atom. The summed E-state index contributed by atoms with van der Waals surface area (Å²) in [6.45, 7) is 3.72. The summed E-state index contributed by atoms with van der Waals surface area (Å²) in [7, 11) is 3.72. The van der Waals surface area contributed by atoms with Gasteiger partial charge in [0, 0.05) is 36.3 Å². The zero-order chi connectivity index (χ0) is 19.4. The van der Waals surface area contributed by atoms with Crippen molar-refractivity contribution in [3.8, 4) is 5.75 Å². The molecule has 0 spiro atoms. The van der Waals surface area contributed by atoms with Gasteiger partial charge in [-0.05, 0) is 32.2 Å². The predicted octanol–water partition coefficient (Wildman–Crippen LogP) is 3.75. The fourth-order valence-corrected chi connectivity index (χ4v) is 3.47. The van der Waals surface area contributed by atoms with Crippen molar-refractivity contribution in [1.29, 1.82) is 0 Å². The Balaban J connectivity index is 1.81. The summed E-state index contributed by atoms with van der Waals surface area (Å²) in [6.07, 6.45) is 1.62. The van der Waals surface area contributed by atoms with Gasteiger partial charge >= 0.3 is 0 Å². The largest absolute Gasteiger partial charge is 0.496 e. The van der Waals surface area contributed by atoms with E-state index < -0.39 is 0 Å². The van der Waals surface area contributed by atoms with E-state index in [1.165, 1.54) is 6.07 Å². The van der Waals surface area contributed by atoms with E-state index >= 15 is 0 Å². The van der Waals surface area contributed by atoms with Crippen LogP contribution in [0.5, 0.6) is 5.75 Å². The van der Waals surface area contributed by atoms with Gasteiger partial charge in [-0.3, -0.25) is 9.69 Å². The lowest BCUT2D eigenvalue weighted by molar-refractivity contribution is -0.129. The highest BCUT2D eigenvalue weighted by molar-refractivity contribution is 5.97. The molecule has 2 aromatic rings. The molecule has 4 nitrogen and oxygen atoms in total. The monoisotopic (exact) mass is 368 g/mol. The Morgan fingerprint density at radius 2 is 1.85 bits per heavy atom. The van der Waals surface area contributed by atoms with Gasteiger partial charge in [0.15, 0.2) is 0 Å². The minimum absolute atomic E-state index is 0.0557. The second-order valence-electron chi connectivity index (χ2n) is 6.84. The van der Waals surface area contributed by atoms with E-state index in [4.69, 9.17) is 4.74 Å². The summed E-state index contributed by atoms with van der Waals surface area (Å²) in [5, 5.41) is 0. The quantitative estimate of drug-likeness (QED) is 0.771. The highest BCUT2D eigenvalue weighted by Gasteiger charge is 2.30. The van der Waals surface area contributed by atoms with Crippen LogP contribution in [-0.2, 0) is 4.79 Å². The van der Waals surface area contributed by atoms with E-state index in [0.717, 1.165) is 17.9 Å². The molecule has 1 aliphatic heterocycles.